The Morgan fingerprint density at radius 1 is 1.47 bits per heavy atom. The summed E-state index contributed by atoms with van der Waals surface area (Å²) in [5.74, 6) is 0.748. The predicted octanol–water partition coefficient (Wildman–Crippen LogP) is 1.30. The fraction of sp³-hybridized carbons (Fsp3) is 0.667. The highest BCUT2D eigenvalue weighted by Crippen LogP contribution is 2.28. The van der Waals surface area contributed by atoms with Crippen LogP contribution in [0.3, 0.4) is 0 Å². The second kappa shape index (κ2) is 6.81. The van der Waals surface area contributed by atoms with Gasteiger partial charge in [-0.05, 0) is 42.2 Å². The molecule has 0 atom stereocenters. The molecule has 0 saturated heterocycles. The minimum absolute atomic E-state index is 0.326. The molecule has 1 fully saturated rings. The van der Waals surface area contributed by atoms with Crippen molar-refractivity contribution < 1.29 is 13.2 Å². The smallest absolute Gasteiger partial charge is 0.250 e. The van der Waals surface area contributed by atoms with Crippen LogP contribution in [0.4, 0.5) is 0 Å². The number of ether oxygens (including phenoxy) is 1. The minimum atomic E-state index is -3.38. The molecular formula is C12H20N2O3S2. The summed E-state index contributed by atoms with van der Waals surface area (Å²) in [4.78, 5) is 0. The summed E-state index contributed by atoms with van der Waals surface area (Å²) < 4.78 is 32.2. The second-order valence-corrected chi connectivity index (χ2v) is 7.65. The molecule has 1 aliphatic rings. The molecule has 19 heavy (non-hydrogen) atoms. The number of hydrogen-bond acceptors (Lipinski definition) is 5. The van der Waals surface area contributed by atoms with Crippen LogP contribution in [0.5, 0.6) is 0 Å². The van der Waals surface area contributed by atoms with E-state index < -0.39 is 10.0 Å². The van der Waals surface area contributed by atoms with Crippen molar-refractivity contribution >= 4 is 21.4 Å². The molecule has 0 spiro atoms. The summed E-state index contributed by atoms with van der Waals surface area (Å²) in [6.45, 7) is 2.19. The summed E-state index contributed by atoms with van der Waals surface area (Å²) >= 11 is 1.20. The van der Waals surface area contributed by atoms with Crippen molar-refractivity contribution in [3.05, 3.63) is 17.0 Å². The predicted molar refractivity (Wildman–Crippen MR) is 75.6 cm³/mol. The molecule has 1 aliphatic carbocycles. The van der Waals surface area contributed by atoms with Gasteiger partial charge in [-0.3, -0.25) is 0 Å². The van der Waals surface area contributed by atoms with Crippen molar-refractivity contribution in [1.82, 2.24) is 4.72 Å². The first-order valence-corrected chi connectivity index (χ1v) is 8.83. The van der Waals surface area contributed by atoms with Gasteiger partial charge in [0.05, 0.1) is 0 Å². The first kappa shape index (κ1) is 14.9. The topological polar surface area (TPSA) is 81.4 Å². The Kier molecular flexibility index (Phi) is 5.35. The average molecular weight is 304 g/mol. The average Bonchev–Trinajstić information content (AvgIpc) is 3.07. The van der Waals surface area contributed by atoms with Crippen molar-refractivity contribution in [2.24, 2.45) is 11.7 Å². The van der Waals surface area contributed by atoms with Crippen molar-refractivity contribution in [1.29, 1.82) is 0 Å². The zero-order valence-electron chi connectivity index (χ0n) is 10.8. The monoisotopic (exact) mass is 304 g/mol. The van der Waals surface area contributed by atoms with Crippen LogP contribution >= 0.6 is 11.3 Å². The highest BCUT2D eigenvalue weighted by molar-refractivity contribution is 7.91. The van der Waals surface area contributed by atoms with E-state index in [1.54, 1.807) is 11.4 Å². The third-order valence-corrected chi connectivity index (χ3v) is 5.89. The Morgan fingerprint density at radius 2 is 2.26 bits per heavy atom. The van der Waals surface area contributed by atoms with Crippen LogP contribution in [0.25, 0.3) is 0 Å². The summed E-state index contributed by atoms with van der Waals surface area (Å²) in [6, 6.07) is 1.62. The maximum absolute atomic E-state index is 11.9. The zero-order chi connectivity index (χ0) is 13.7. The lowest BCUT2D eigenvalue weighted by molar-refractivity contribution is 0.123. The van der Waals surface area contributed by atoms with Gasteiger partial charge in [0, 0.05) is 26.3 Å². The van der Waals surface area contributed by atoms with Gasteiger partial charge in [0.2, 0.25) is 10.0 Å². The molecule has 3 N–H and O–H groups in total. The van der Waals surface area contributed by atoms with E-state index in [9.17, 15) is 8.42 Å². The minimum Gasteiger partial charge on any atom is -0.381 e. The van der Waals surface area contributed by atoms with Crippen molar-refractivity contribution in [2.45, 2.75) is 30.0 Å². The molecular weight excluding hydrogens is 284 g/mol. The third-order valence-electron chi connectivity index (χ3n) is 2.94. The van der Waals surface area contributed by atoms with Gasteiger partial charge >= 0.3 is 0 Å². The summed E-state index contributed by atoms with van der Waals surface area (Å²) in [5.41, 5.74) is 6.31. The molecule has 0 radical (unpaired) electrons. The molecule has 108 valence electrons. The SMILES string of the molecule is NCc1csc(S(=O)(=O)NCCCOCC2CC2)c1. The van der Waals surface area contributed by atoms with Crippen molar-refractivity contribution in [3.8, 4) is 0 Å². The number of thiophene rings is 1. The van der Waals surface area contributed by atoms with E-state index in [4.69, 9.17) is 10.5 Å². The van der Waals surface area contributed by atoms with E-state index in [0.29, 0.717) is 30.3 Å². The van der Waals surface area contributed by atoms with Crippen LogP contribution in [-0.4, -0.2) is 28.2 Å². The molecule has 0 amide bonds. The van der Waals surface area contributed by atoms with Gasteiger partial charge < -0.3 is 10.5 Å². The quantitative estimate of drug-likeness (QED) is 0.674. The van der Waals surface area contributed by atoms with Crippen LogP contribution in [0.1, 0.15) is 24.8 Å². The number of nitrogens with one attached hydrogen (secondary N) is 1. The van der Waals surface area contributed by atoms with E-state index in [1.807, 2.05) is 0 Å². The Hall–Kier alpha value is -0.470. The molecule has 1 saturated carbocycles. The summed E-state index contributed by atoms with van der Waals surface area (Å²) in [5, 5.41) is 1.77. The third kappa shape index (κ3) is 4.85. The first-order valence-electron chi connectivity index (χ1n) is 6.46. The van der Waals surface area contributed by atoms with Gasteiger partial charge in [-0.1, -0.05) is 0 Å². The van der Waals surface area contributed by atoms with Crippen LogP contribution in [-0.2, 0) is 21.3 Å². The van der Waals surface area contributed by atoms with E-state index in [-0.39, 0.29) is 0 Å². The number of rotatable bonds is 9. The molecule has 2 rings (SSSR count). The first-order chi connectivity index (χ1) is 9.12. The normalized spacial score (nSPS) is 15.8. The van der Waals surface area contributed by atoms with E-state index in [0.717, 1.165) is 18.1 Å². The molecule has 7 heteroatoms. The van der Waals surface area contributed by atoms with Crippen molar-refractivity contribution in [2.75, 3.05) is 19.8 Å². The lowest BCUT2D eigenvalue weighted by Crippen LogP contribution is -2.25. The van der Waals surface area contributed by atoms with Gasteiger partial charge in [0.1, 0.15) is 4.21 Å². The lowest BCUT2D eigenvalue weighted by atomic mass is 10.4. The van der Waals surface area contributed by atoms with Gasteiger partial charge in [-0.25, -0.2) is 13.1 Å². The number of hydrogen-bond donors (Lipinski definition) is 2. The molecule has 1 heterocycles. The highest BCUT2D eigenvalue weighted by Gasteiger charge is 2.21. The van der Waals surface area contributed by atoms with Gasteiger partial charge in [0.25, 0.3) is 0 Å². The molecule has 0 bridgehead atoms. The molecule has 0 aromatic carbocycles. The van der Waals surface area contributed by atoms with Crippen LogP contribution < -0.4 is 10.5 Å². The largest absolute Gasteiger partial charge is 0.381 e. The zero-order valence-corrected chi connectivity index (χ0v) is 12.4. The van der Waals surface area contributed by atoms with Gasteiger partial charge in [-0.2, -0.15) is 0 Å². The van der Waals surface area contributed by atoms with E-state index in [2.05, 4.69) is 4.72 Å². The van der Waals surface area contributed by atoms with E-state index >= 15 is 0 Å². The Morgan fingerprint density at radius 3 is 2.89 bits per heavy atom. The molecule has 1 aromatic rings. The van der Waals surface area contributed by atoms with Crippen LogP contribution in [0, 0.1) is 5.92 Å². The second-order valence-electron chi connectivity index (χ2n) is 4.75. The standard InChI is InChI=1S/C12H20N2O3S2/c13-7-11-6-12(18-9-11)19(15,16)14-4-1-5-17-8-10-2-3-10/h6,9-10,14H,1-5,7-8,13H2. The maximum atomic E-state index is 11.9. The Balaban J connectivity index is 1.67. The Labute approximate surface area is 118 Å². The summed E-state index contributed by atoms with van der Waals surface area (Å²) in [7, 11) is -3.38. The van der Waals surface area contributed by atoms with E-state index in [1.165, 1.54) is 24.2 Å². The molecule has 0 unspecified atom stereocenters. The molecule has 1 aromatic heterocycles. The Bertz CT molecular complexity index is 495. The fourth-order valence-electron chi connectivity index (χ4n) is 1.59. The van der Waals surface area contributed by atoms with Gasteiger partial charge in [0.15, 0.2) is 0 Å². The highest BCUT2D eigenvalue weighted by atomic mass is 32.2. The van der Waals surface area contributed by atoms with Crippen molar-refractivity contribution in [3.63, 3.8) is 0 Å². The molecule has 0 aliphatic heterocycles. The summed E-state index contributed by atoms with van der Waals surface area (Å²) in [6.07, 6.45) is 3.24. The van der Waals surface area contributed by atoms with Gasteiger partial charge in [-0.15, -0.1) is 11.3 Å². The number of nitrogens with two attached hydrogens (primary N) is 1. The van der Waals surface area contributed by atoms with Crippen LogP contribution in [0.15, 0.2) is 15.7 Å². The lowest BCUT2D eigenvalue weighted by Gasteiger charge is -2.05. The maximum Gasteiger partial charge on any atom is 0.250 e. The molecule has 5 nitrogen and oxygen atoms in total. The fourth-order valence-corrected chi connectivity index (χ4v) is 3.93. The number of sulfonamides is 1. The van der Waals surface area contributed by atoms with Crippen LogP contribution in [0.2, 0.25) is 0 Å².